The summed E-state index contributed by atoms with van der Waals surface area (Å²) in [5.74, 6) is -0.0829. The Morgan fingerprint density at radius 3 is 2.23 bits per heavy atom. The van der Waals surface area contributed by atoms with Gasteiger partial charge in [0, 0.05) is 51.3 Å². The first-order valence-electron chi connectivity index (χ1n) is 12.2. The molecule has 4 rings (SSSR count). The second kappa shape index (κ2) is 11.3. The van der Waals surface area contributed by atoms with E-state index < -0.39 is 10.0 Å². The summed E-state index contributed by atoms with van der Waals surface area (Å²) in [5.41, 5.74) is 2.35. The van der Waals surface area contributed by atoms with Crippen molar-refractivity contribution in [3.8, 4) is 0 Å². The van der Waals surface area contributed by atoms with Crippen LogP contribution in [0.3, 0.4) is 0 Å². The predicted octanol–water partition coefficient (Wildman–Crippen LogP) is 2.32. The topological polar surface area (TPSA) is 87.2 Å². The summed E-state index contributed by atoms with van der Waals surface area (Å²) in [6.07, 6.45) is 2.16. The van der Waals surface area contributed by atoms with Gasteiger partial charge in [-0.05, 0) is 43.0 Å². The number of rotatable bonds is 7. The summed E-state index contributed by atoms with van der Waals surface area (Å²) in [6.45, 7) is 5.00. The molecule has 2 aromatic carbocycles. The lowest BCUT2D eigenvalue weighted by Gasteiger charge is -2.35. The first-order valence-corrected chi connectivity index (χ1v) is 13.6. The van der Waals surface area contributed by atoms with E-state index in [1.165, 1.54) is 15.9 Å². The molecule has 0 spiro atoms. The minimum Gasteiger partial charge on any atom is -0.379 e. The molecular formula is C26H33N3O5S. The number of benzene rings is 2. The molecule has 0 aromatic heterocycles. The number of hydrogen-bond acceptors (Lipinski definition) is 5. The summed E-state index contributed by atoms with van der Waals surface area (Å²) < 4.78 is 32.8. The van der Waals surface area contributed by atoms with Crippen LogP contribution in [0.2, 0.25) is 0 Å². The number of aryl methyl sites for hydroxylation is 2. The van der Waals surface area contributed by atoms with Crippen molar-refractivity contribution in [1.29, 1.82) is 0 Å². The van der Waals surface area contributed by atoms with Gasteiger partial charge < -0.3 is 14.5 Å². The smallest absolute Gasteiger partial charge is 0.254 e. The van der Waals surface area contributed by atoms with Gasteiger partial charge in [-0.2, -0.15) is 4.31 Å². The Bertz CT molecular complexity index is 1140. The number of carbonyl (C=O) groups is 2. The van der Waals surface area contributed by atoms with Crippen LogP contribution in [0.5, 0.6) is 0 Å². The van der Waals surface area contributed by atoms with Crippen molar-refractivity contribution >= 4 is 21.8 Å². The van der Waals surface area contributed by atoms with Crippen molar-refractivity contribution in [1.82, 2.24) is 14.1 Å². The van der Waals surface area contributed by atoms with Crippen molar-refractivity contribution in [3.63, 3.8) is 0 Å². The highest BCUT2D eigenvalue weighted by atomic mass is 32.2. The van der Waals surface area contributed by atoms with E-state index in [9.17, 15) is 18.0 Å². The van der Waals surface area contributed by atoms with E-state index in [1.807, 2.05) is 30.0 Å². The maximum atomic E-state index is 13.3. The third kappa shape index (κ3) is 6.09. The van der Waals surface area contributed by atoms with Gasteiger partial charge in [-0.3, -0.25) is 9.59 Å². The van der Waals surface area contributed by atoms with Crippen LogP contribution >= 0.6 is 0 Å². The molecule has 9 heteroatoms. The van der Waals surface area contributed by atoms with Gasteiger partial charge in [-0.15, -0.1) is 0 Å². The zero-order valence-corrected chi connectivity index (χ0v) is 21.0. The standard InChI is InChI=1S/C26H33N3O5S/c1-21-10-11-23(35(32,33)29-16-18-34-19-17-29)20-24(21)26(31)28-14-12-27(13-15-28)25(30)9-5-8-22-6-3-2-4-7-22/h2-4,6-7,10-11,20H,5,8-9,12-19H2,1H3. The second-order valence-electron chi connectivity index (χ2n) is 9.01. The molecule has 0 saturated carbocycles. The first kappa shape index (κ1) is 25.3. The molecule has 35 heavy (non-hydrogen) atoms. The van der Waals surface area contributed by atoms with Gasteiger partial charge in [-0.1, -0.05) is 36.4 Å². The van der Waals surface area contributed by atoms with Crippen LogP contribution in [-0.2, 0) is 26.0 Å². The number of nitrogens with zero attached hydrogens (tertiary/aromatic N) is 3. The number of piperazine rings is 1. The minimum absolute atomic E-state index is 0.114. The second-order valence-corrected chi connectivity index (χ2v) is 10.9. The van der Waals surface area contributed by atoms with Gasteiger partial charge in [0.2, 0.25) is 15.9 Å². The van der Waals surface area contributed by atoms with Crippen molar-refractivity contribution in [2.24, 2.45) is 0 Å². The largest absolute Gasteiger partial charge is 0.379 e. The number of carbonyl (C=O) groups excluding carboxylic acids is 2. The van der Waals surface area contributed by atoms with Crippen molar-refractivity contribution in [2.45, 2.75) is 31.1 Å². The molecule has 0 unspecified atom stereocenters. The molecule has 0 atom stereocenters. The first-order chi connectivity index (χ1) is 16.9. The molecule has 0 aliphatic carbocycles. The van der Waals surface area contributed by atoms with Crippen molar-refractivity contribution in [3.05, 3.63) is 65.2 Å². The maximum Gasteiger partial charge on any atom is 0.254 e. The molecule has 2 fully saturated rings. The Balaban J connectivity index is 1.34. The number of ether oxygens (including phenoxy) is 1. The fraction of sp³-hybridized carbons (Fsp3) is 0.462. The van der Waals surface area contributed by atoms with E-state index in [0.29, 0.717) is 64.5 Å². The Morgan fingerprint density at radius 1 is 0.886 bits per heavy atom. The molecule has 0 bridgehead atoms. The Hall–Kier alpha value is -2.75. The average Bonchev–Trinajstić information content (AvgIpc) is 2.89. The van der Waals surface area contributed by atoms with Crippen LogP contribution in [0.1, 0.15) is 34.3 Å². The van der Waals surface area contributed by atoms with Crippen LogP contribution in [-0.4, -0.2) is 86.8 Å². The lowest BCUT2D eigenvalue weighted by molar-refractivity contribution is -0.132. The molecule has 188 valence electrons. The Morgan fingerprint density at radius 2 is 1.54 bits per heavy atom. The molecule has 8 nitrogen and oxygen atoms in total. The van der Waals surface area contributed by atoms with E-state index in [2.05, 4.69) is 12.1 Å². The lowest BCUT2D eigenvalue weighted by atomic mass is 10.1. The van der Waals surface area contributed by atoms with E-state index >= 15 is 0 Å². The van der Waals surface area contributed by atoms with Crippen molar-refractivity contribution in [2.75, 3.05) is 52.5 Å². The van der Waals surface area contributed by atoms with Crippen LogP contribution in [0.4, 0.5) is 0 Å². The lowest BCUT2D eigenvalue weighted by Crippen LogP contribution is -2.50. The normalized spacial score (nSPS) is 17.4. The highest BCUT2D eigenvalue weighted by Crippen LogP contribution is 2.22. The molecule has 2 amide bonds. The summed E-state index contributed by atoms with van der Waals surface area (Å²) in [6, 6.07) is 14.9. The molecule has 2 aromatic rings. The summed E-state index contributed by atoms with van der Waals surface area (Å²) in [5, 5.41) is 0. The van der Waals surface area contributed by atoms with E-state index in [1.54, 1.807) is 17.0 Å². The third-order valence-electron chi connectivity index (χ3n) is 6.67. The van der Waals surface area contributed by atoms with Gasteiger partial charge >= 0.3 is 0 Å². The highest BCUT2D eigenvalue weighted by molar-refractivity contribution is 7.89. The van der Waals surface area contributed by atoms with Crippen LogP contribution < -0.4 is 0 Å². The van der Waals surface area contributed by atoms with Gasteiger partial charge in [0.1, 0.15) is 0 Å². The minimum atomic E-state index is -3.68. The summed E-state index contributed by atoms with van der Waals surface area (Å²) in [7, 11) is -3.68. The molecule has 0 N–H and O–H groups in total. The zero-order chi connectivity index (χ0) is 24.8. The van der Waals surface area contributed by atoms with Crippen LogP contribution in [0, 0.1) is 6.92 Å². The highest BCUT2D eigenvalue weighted by Gasteiger charge is 2.29. The molecule has 2 aliphatic heterocycles. The fourth-order valence-corrected chi connectivity index (χ4v) is 5.94. The maximum absolute atomic E-state index is 13.3. The predicted molar refractivity (Wildman–Crippen MR) is 133 cm³/mol. The summed E-state index contributed by atoms with van der Waals surface area (Å²) >= 11 is 0. The summed E-state index contributed by atoms with van der Waals surface area (Å²) in [4.78, 5) is 29.6. The Kier molecular flexibility index (Phi) is 8.20. The molecule has 2 saturated heterocycles. The molecule has 2 aliphatic rings. The fourth-order valence-electron chi connectivity index (χ4n) is 4.50. The van der Waals surface area contributed by atoms with Crippen molar-refractivity contribution < 1.29 is 22.7 Å². The number of hydrogen-bond donors (Lipinski definition) is 0. The zero-order valence-electron chi connectivity index (χ0n) is 20.2. The van der Waals surface area contributed by atoms with Gasteiger partial charge in [0.05, 0.1) is 18.1 Å². The van der Waals surface area contributed by atoms with Gasteiger partial charge in [0.15, 0.2) is 0 Å². The Labute approximate surface area is 207 Å². The monoisotopic (exact) mass is 499 g/mol. The molecule has 2 heterocycles. The number of amides is 2. The molecule has 0 radical (unpaired) electrons. The van der Waals surface area contributed by atoms with Crippen LogP contribution in [0.25, 0.3) is 0 Å². The quantitative estimate of drug-likeness (QED) is 0.584. The third-order valence-corrected chi connectivity index (χ3v) is 8.56. The average molecular weight is 500 g/mol. The van der Waals surface area contributed by atoms with E-state index in [-0.39, 0.29) is 16.7 Å². The number of morpholine rings is 1. The van der Waals surface area contributed by atoms with Gasteiger partial charge in [-0.25, -0.2) is 8.42 Å². The van der Waals surface area contributed by atoms with Gasteiger partial charge in [0.25, 0.3) is 5.91 Å². The van der Waals surface area contributed by atoms with Crippen LogP contribution in [0.15, 0.2) is 53.4 Å². The SMILES string of the molecule is Cc1ccc(S(=O)(=O)N2CCOCC2)cc1C(=O)N1CCN(C(=O)CCCc2ccccc2)CC1. The molecular weight excluding hydrogens is 466 g/mol. The number of sulfonamides is 1. The van der Waals surface area contributed by atoms with E-state index in [0.717, 1.165) is 18.4 Å². The van der Waals surface area contributed by atoms with E-state index in [4.69, 9.17) is 4.74 Å².